The van der Waals surface area contributed by atoms with Gasteiger partial charge in [-0.15, -0.1) is 0 Å². The summed E-state index contributed by atoms with van der Waals surface area (Å²) in [5.74, 6) is -0.777. The topological polar surface area (TPSA) is 78.3 Å². The van der Waals surface area contributed by atoms with Crippen LogP contribution in [0.3, 0.4) is 0 Å². The van der Waals surface area contributed by atoms with Gasteiger partial charge in [-0.25, -0.2) is 4.39 Å². The first-order valence-corrected chi connectivity index (χ1v) is 5.57. The monoisotopic (exact) mass is 238 g/mol. The highest BCUT2D eigenvalue weighted by Gasteiger charge is 2.30. The van der Waals surface area contributed by atoms with E-state index in [1.165, 1.54) is 12.1 Å². The molecule has 92 valence electrons. The van der Waals surface area contributed by atoms with Crippen molar-refractivity contribution in [3.05, 3.63) is 29.6 Å². The van der Waals surface area contributed by atoms with Gasteiger partial charge >= 0.3 is 0 Å². The Morgan fingerprint density at radius 2 is 2.18 bits per heavy atom. The second kappa shape index (κ2) is 4.71. The van der Waals surface area contributed by atoms with Gasteiger partial charge in [-0.2, -0.15) is 0 Å². The molecular weight excluding hydrogens is 223 g/mol. The Bertz CT molecular complexity index is 431. The Kier molecular flexibility index (Phi) is 3.28. The fraction of sp³-hybridized carbons (Fsp3) is 0.417. The van der Waals surface area contributed by atoms with E-state index in [9.17, 15) is 9.18 Å². The van der Waals surface area contributed by atoms with Crippen LogP contribution in [0.4, 0.5) is 4.39 Å². The molecule has 5 heteroatoms. The lowest BCUT2D eigenvalue weighted by atomic mass is 9.82. The van der Waals surface area contributed by atoms with Gasteiger partial charge in [-0.05, 0) is 37.4 Å². The largest absolute Gasteiger partial charge is 0.489 e. The molecule has 4 nitrogen and oxygen atoms in total. The molecule has 1 aromatic carbocycles. The summed E-state index contributed by atoms with van der Waals surface area (Å²) in [6.07, 6.45) is 1.68. The fourth-order valence-electron chi connectivity index (χ4n) is 1.98. The predicted octanol–water partition coefficient (Wildman–Crippen LogP) is 1.04. The van der Waals surface area contributed by atoms with Gasteiger partial charge in [0, 0.05) is 0 Å². The van der Waals surface area contributed by atoms with Crippen molar-refractivity contribution in [2.45, 2.75) is 18.9 Å². The molecule has 17 heavy (non-hydrogen) atoms. The number of carbonyl (C=O) groups is 1. The van der Waals surface area contributed by atoms with Crippen LogP contribution in [0, 0.1) is 11.7 Å². The van der Waals surface area contributed by atoms with Gasteiger partial charge in [0.05, 0.1) is 6.10 Å². The first kappa shape index (κ1) is 11.9. The molecule has 0 unspecified atom stereocenters. The number of benzene rings is 1. The van der Waals surface area contributed by atoms with Gasteiger partial charge in [0.25, 0.3) is 5.91 Å². The highest BCUT2D eigenvalue weighted by atomic mass is 19.1. The summed E-state index contributed by atoms with van der Waals surface area (Å²) in [5, 5.41) is 0. The zero-order valence-corrected chi connectivity index (χ0v) is 9.36. The third-order valence-corrected chi connectivity index (χ3v) is 3.04. The molecule has 0 saturated heterocycles. The third-order valence-electron chi connectivity index (χ3n) is 3.04. The Hall–Kier alpha value is -1.62. The summed E-state index contributed by atoms with van der Waals surface area (Å²) in [7, 11) is 0. The lowest BCUT2D eigenvalue weighted by Crippen LogP contribution is -2.38. The lowest BCUT2D eigenvalue weighted by molar-refractivity contribution is 0.0670. The van der Waals surface area contributed by atoms with Gasteiger partial charge in [0.1, 0.15) is 17.1 Å². The minimum Gasteiger partial charge on any atom is -0.489 e. The minimum absolute atomic E-state index is 0.00319. The van der Waals surface area contributed by atoms with Crippen LogP contribution < -0.4 is 16.2 Å². The molecule has 0 spiro atoms. The smallest absolute Gasteiger partial charge is 0.255 e. The average Bonchev–Trinajstić information content (AvgIpc) is 2.22. The van der Waals surface area contributed by atoms with Gasteiger partial charge < -0.3 is 16.2 Å². The van der Waals surface area contributed by atoms with Crippen molar-refractivity contribution in [2.24, 2.45) is 17.4 Å². The fourth-order valence-corrected chi connectivity index (χ4v) is 1.98. The molecule has 1 saturated carbocycles. The number of halogens is 1. The highest BCUT2D eigenvalue weighted by Crippen LogP contribution is 2.32. The summed E-state index contributed by atoms with van der Waals surface area (Å²) < 4.78 is 19.0. The van der Waals surface area contributed by atoms with E-state index >= 15 is 0 Å². The van der Waals surface area contributed by atoms with Crippen LogP contribution in [-0.4, -0.2) is 18.6 Å². The van der Waals surface area contributed by atoms with Crippen LogP contribution in [-0.2, 0) is 0 Å². The third kappa shape index (κ3) is 2.39. The minimum atomic E-state index is -0.812. The van der Waals surface area contributed by atoms with Crippen LogP contribution in [0.5, 0.6) is 5.75 Å². The van der Waals surface area contributed by atoms with Crippen molar-refractivity contribution in [1.29, 1.82) is 0 Å². The second-order valence-electron chi connectivity index (χ2n) is 4.29. The molecule has 0 aromatic heterocycles. The number of carbonyl (C=O) groups excluding carboxylic acids is 1. The van der Waals surface area contributed by atoms with Gasteiger partial charge in [0.2, 0.25) is 0 Å². The van der Waals surface area contributed by atoms with Gasteiger partial charge in [0.15, 0.2) is 0 Å². The molecule has 2 rings (SSSR count). The first-order valence-electron chi connectivity index (χ1n) is 5.57. The maximum absolute atomic E-state index is 13.4. The maximum Gasteiger partial charge on any atom is 0.255 e. The predicted molar refractivity (Wildman–Crippen MR) is 61.1 cm³/mol. The number of nitrogens with two attached hydrogens (primary N) is 2. The van der Waals surface area contributed by atoms with Crippen LogP contribution >= 0.6 is 0 Å². The van der Waals surface area contributed by atoms with E-state index in [0.29, 0.717) is 12.5 Å². The van der Waals surface area contributed by atoms with E-state index in [4.69, 9.17) is 16.2 Å². The molecule has 0 bridgehead atoms. The van der Waals surface area contributed by atoms with Gasteiger partial charge in [-0.1, -0.05) is 6.07 Å². The number of hydrogen-bond donors (Lipinski definition) is 2. The maximum atomic E-state index is 13.4. The zero-order chi connectivity index (χ0) is 12.4. The Morgan fingerprint density at radius 3 is 2.76 bits per heavy atom. The summed E-state index contributed by atoms with van der Waals surface area (Å²) in [6.45, 7) is 0.631. The standard InChI is InChI=1S/C12H15FN2O2/c13-9-2-1-3-10(11(9)12(15)16)17-8-4-7(5-8)6-14/h1-3,7-8H,4-6,14H2,(H2,15,16). The van der Waals surface area contributed by atoms with Crippen molar-refractivity contribution in [1.82, 2.24) is 0 Å². The van der Waals surface area contributed by atoms with Crippen molar-refractivity contribution < 1.29 is 13.9 Å². The molecule has 0 atom stereocenters. The molecule has 1 fully saturated rings. The molecule has 0 aliphatic heterocycles. The number of rotatable bonds is 4. The molecule has 1 aliphatic rings. The molecule has 1 amide bonds. The summed E-state index contributed by atoms with van der Waals surface area (Å²) in [6, 6.07) is 4.24. The lowest BCUT2D eigenvalue weighted by Gasteiger charge is -2.34. The van der Waals surface area contributed by atoms with Crippen molar-refractivity contribution in [3.63, 3.8) is 0 Å². The van der Waals surface area contributed by atoms with Crippen LogP contribution in [0.2, 0.25) is 0 Å². The highest BCUT2D eigenvalue weighted by molar-refractivity contribution is 5.95. The van der Waals surface area contributed by atoms with Crippen LogP contribution in [0.25, 0.3) is 0 Å². The second-order valence-corrected chi connectivity index (χ2v) is 4.29. The number of primary amides is 1. The molecule has 4 N–H and O–H groups in total. The average molecular weight is 238 g/mol. The molecule has 1 aromatic rings. The van der Waals surface area contributed by atoms with Crippen LogP contribution in [0.15, 0.2) is 18.2 Å². The summed E-state index contributed by atoms with van der Waals surface area (Å²) in [5.41, 5.74) is 10.4. The SMILES string of the molecule is NCC1CC(Oc2cccc(F)c2C(N)=O)C1. The Balaban J connectivity index is 2.11. The van der Waals surface area contributed by atoms with Crippen molar-refractivity contribution >= 4 is 5.91 Å². The van der Waals surface area contributed by atoms with E-state index in [1.807, 2.05) is 0 Å². The van der Waals surface area contributed by atoms with E-state index in [-0.39, 0.29) is 17.4 Å². The quantitative estimate of drug-likeness (QED) is 0.822. The molecular formula is C12H15FN2O2. The number of ether oxygens (including phenoxy) is 1. The molecule has 0 radical (unpaired) electrons. The van der Waals surface area contributed by atoms with Crippen LogP contribution in [0.1, 0.15) is 23.2 Å². The van der Waals surface area contributed by atoms with Crippen molar-refractivity contribution in [3.8, 4) is 5.75 Å². The number of amides is 1. The molecule has 0 heterocycles. The number of hydrogen-bond acceptors (Lipinski definition) is 3. The van der Waals surface area contributed by atoms with E-state index in [1.54, 1.807) is 6.07 Å². The van der Waals surface area contributed by atoms with Crippen molar-refractivity contribution in [2.75, 3.05) is 6.54 Å². The Morgan fingerprint density at radius 1 is 1.47 bits per heavy atom. The van der Waals surface area contributed by atoms with E-state index in [0.717, 1.165) is 12.8 Å². The summed E-state index contributed by atoms with van der Waals surface area (Å²) >= 11 is 0. The molecule has 1 aliphatic carbocycles. The Labute approximate surface area is 98.7 Å². The van der Waals surface area contributed by atoms with E-state index in [2.05, 4.69) is 0 Å². The first-order chi connectivity index (χ1) is 8.11. The normalized spacial score (nSPS) is 22.9. The zero-order valence-electron chi connectivity index (χ0n) is 9.36. The van der Waals surface area contributed by atoms with Gasteiger partial charge in [-0.3, -0.25) is 4.79 Å². The summed E-state index contributed by atoms with van der Waals surface area (Å²) in [4.78, 5) is 11.1. The van der Waals surface area contributed by atoms with E-state index < -0.39 is 11.7 Å².